The molecule has 2 aliphatic rings. The molecular weight excluding hydrogens is 425 g/mol. The molecule has 0 saturated carbocycles. The van der Waals surface area contributed by atoms with Gasteiger partial charge in [-0.15, -0.1) is 0 Å². The van der Waals surface area contributed by atoms with Crippen LogP contribution in [0.5, 0.6) is 0 Å². The predicted molar refractivity (Wildman–Crippen MR) is 101 cm³/mol. The Kier molecular flexibility index (Phi) is 4.56. The van der Waals surface area contributed by atoms with Gasteiger partial charge in [0.1, 0.15) is 6.07 Å². The Morgan fingerprint density at radius 2 is 2.00 bits per heavy atom. The lowest BCUT2D eigenvalue weighted by molar-refractivity contribution is 0.237. The van der Waals surface area contributed by atoms with Crippen molar-refractivity contribution < 1.29 is 0 Å². The molecule has 2 N–H and O–H groups in total. The van der Waals surface area contributed by atoms with Crippen molar-refractivity contribution in [2.45, 2.75) is 5.92 Å². The normalized spacial score (nSPS) is 25.2. The van der Waals surface area contributed by atoms with E-state index >= 15 is 0 Å². The van der Waals surface area contributed by atoms with Crippen LogP contribution in [0.3, 0.4) is 0 Å². The lowest BCUT2D eigenvalue weighted by Crippen LogP contribution is -2.47. The second-order valence-electron chi connectivity index (χ2n) is 6.45. The van der Waals surface area contributed by atoms with Crippen molar-refractivity contribution in [3.8, 4) is 18.2 Å². The molecule has 0 radical (unpaired) electrons. The Balaban J connectivity index is 2.34. The summed E-state index contributed by atoms with van der Waals surface area (Å²) >= 11 is 2.22. The maximum atomic E-state index is 9.95. The van der Waals surface area contributed by atoms with E-state index in [2.05, 4.69) is 45.7 Å². The highest BCUT2D eigenvalue weighted by atomic mass is 127. The Hall–Kier alpha value is -2.34. The maximum absolute atomic E-state index is 9.95. The summed E-state index contributed by atoms with van der Waals surface area (Å²) in [6.45, 7) is 1.39. The summed E-state index contributed by atoms with van der Waals surface area (Å²) in [5.74, 6) is -0.540. The van der Waals surface area contributed by atoms with Crippen LogP contribution >= 0.6 is 22.6 Å². The topological polar surface area (TPSA) is 101 Å². The van der Waals surface area contributed by atoms with Crippen molar-refractivity contribution >= 4 is 22.6 Å². The lowest BCUT2D eigenvalue weighted by atomic mass is 9.58. The fourth-order valence-corrected chi connectivity index (χ4v) is 4.47. The largest absolute Gasteiger partial charge is 0.399 e. The van der Waals surface area contributed by atoms with Crippen molar-refractivity contribution in [2.75, 3.05) is 20.1 Å². The average Bonchev–Trinajstić information content (AvgIpc) is 2.61. The summed E-state index contributed by atoms with van der Waals surface area (Å²) < 4.78 is 1.03. The number of hydrogen-bond acceptors (Lipinski definition) is 5. The van der Waals surface area contributed by atoms with Crippen molar-refractivity contribution in [1.29, 1.82) is 15.8 Å². The first-order valence-corrected chi connectivity index (χ1v) is 8.93. The number of nitrogens with zero attached hydrogens (tertiary/aromatic N) is 4. The molecule has 1 aromatic carbocycles. The predicted octanol–water partition coefficient (Wildman–Crippen LogP) is 2.65. The highest BCUT2D eigenvalue weighted by Gasteiger charge is 2.54. The molecule has 0 fully saturated rings. The summed E-state index contributed by atoms with van der Waals surface area (Å²) in [6.07, 6.45) is 2.00. The van der Waals surface area contributed by atoms with Gasteiger partial charge in [-0.25, -0.2) is 0 Å². The second kappa shape index (κ2) is 6.52. The Morgan fingerprint density at radius 3 is 2.60 bits per heavy atom. The number of nitrogens with two attached hydrogens (primary N) is 1. The highest BCUT2D eigenvalue weighted by Crippen LogP contribution is 2.54. The van der Waals surface area contributed by atoms with Crippen LogP contribution in [-0.4, -0.2) is 25.0 Å². The first-order valence-electron chi connectivity index (χ1n) is 7.85. The van der Waals surface area contributed by atoms with Crippen LogP contribution in [0.4, 0.5) is 0 Å². The molecule has 25 heavy (non-hydrogen) atoms. The van der Waals surface area contributed by atoms with Gasteiger partial charge in [-0.2, -0.15) is 15.8 Å². The smallest absolute Gasteiger partial charge is 0.191 e. The van der Waals surface area contributed by atoms with Gasteiger partial charge in [-0.3, -0.25) is 0 Å². The molecule has 0 aromatic heterocycles. The minimum atomic E-state index is -1.55. The van der Waals surface area contributed by atoms with E-state index in [9.17, 15) is 15.8 Å². The van der Waals surface area contributed by atoms with Gasteiger partial charge in [0.2, 0.25) is 0 Å². The first-order chi connectivity index (χ1) is 12.0. The van der Waals surface area contributed by atoms with Gasteiger partial charge in [0.05, 0.1) is 23.4 Å². The van der Waals surface area contributed by atoms with E-state index in [1.165, 1.54) is 0 Å². The molecule has 0 saturated heterocycles. The van der Waals surface area contributed by atoms with Gasteiger partial charge in [0, 0.05) is 28.5 Å². The van der Waals surface area contributed by atoms with Crippen molar-refractivity contribution in [3.05, 3.63) is 56.3 Å². The van der Waals surface area contributed by atoms with Crippen LogP contribution in [-0.2, 0) is 0 Å². The fraction of sp³-hybridized carbons (Fsp3) is 0.316. The summed E-state index contributed by atoms with van der Waals surface area (Å²) in [5, 5.41) is 29.5. The van der Waals surface area contributed by atoms with Crippen LogP contribution in [0.1, 0.15) is 11.5 Å². The Bertz CT molecular complexity index is 895. The van der Waals surface area contributed by atoms with E-state index < -0.39 is 11.3 Å². The molecule has 3 rings (SSSR count). The summed E-state index contributed by atoms with van der Waals surface area (Å²) in [5.41, 5.74) is 6.85. The molecule has 0 unspecified atom stereocenters. The number of benzene rings is 1. The lowest BCUT2D eigenvalue weighted by Gasteiger charge is -2.45. The number of allylic oxidation sites excluding steroid dienone is 2. The quantitative estimate of drug-likeness (QED) is 0.676. The summed E-state index contributed by atoms with van der Waals surface area (Å²) in [4.78, 5) is 2.13. The SMILES string of the molecule is CN1CC=C2C(C#N)=C(N)C(C#N)(C#N)[C@H](c3cccc(I)c3)[C@@H]2C1. The molecule has 1 aliphatic carbocycles. The van der Waals surface area contributed by atoms with Gasteiger partial charge in [0.25, 0.3) is 0 Å². The minimum absolute atomic E-state index is 0.0796. The molecule has 124 valence electrons. The molecule has 0 amide bonds. The summed E-state index contributed by atoms with van der Waals surface area (Å²) in [6, 6.07) is 14.3. The van der Waals surface area contributed by atoms with Gasteiger partial charge in [-0.05, 0) is 52.9 Å². The Labute approximate surface area is 160 Å². The molecule has 0 bridgehead atoms. The van der Waals surface area contributed by atoms with E-state index in [0.717, 1.165) is 21.3 Å². The molecule has 1 aliphatic heterocycles. The van der Waals surface area contributed by atoms with Gasteiger partial charge in [0.15, 0.2) is 5.41 Å². The molecule has 2 atom stereocenters. The van der Waals surface area contributed by atoms with E-state index in [-0.39, 0.29) is 11.6 Å². The number of fused-ring (bicyclic) bond motifs is 1. The zero-order chi connectivity index (χ0) is 18.2. The molecule has 5 nitrogen and oxygen atoms in total. The zero-order valence-corrected chi connectivity index (χ0v) is 15.9. The summed E-state index contributed by atoms with van der Waals surface area (Å²) in [7, 11) is 1.99. The third-order valence-electron chi connectivity index (χ3n) is 5.05. The van der Waals surface area contributed by atoms with E-state index in [0.29, 0.717) is 12.1 Å². The Morgan fingerprint density at radius 1 is 1.28 bits per heavy atom. The molecule has 1 heterocycles. The molecular formula is C19H16IN5. The number of rotatable bonds is 1. The van der Waals surface area contributed by atoms with Gasteiger partial charge < -0.3 is 10.6 Å². The second-order valence-corrected chi connectivity index (χ2v) is 7.70. The van der Waals surface area contributed by atoms with E-state index in [4.69, 9.17) is 5.73 Å². The van der Waals surface area contributed by atoms with Gasteiger partial charge in [-0.1, -0.05) is 18.2 Å². The van der Waals surface area contributed by atoms with E-state index in [1.54, 1.807) is 0 Å². The molecule has 6 heteroatoms. The van der Waals surface area contributed by atoms with Crippen LogP contribution in [0.25, 0.3) is 0 Å². The number of hydrogen-bond donors (Lipinski definition) is 1. The third kappa shape index (κ3) is 2.61. The monoisotopic (exact) mass is 441 g/mol. The van der Waals surface area contributed by atoms with Crippen LogP contribution < -0.4 is 5.73 Å². The van der Waals surface area contributed by atoms with Gasteiger partial charge >= 0.3 is 0 Å². The fourth-order valence-electron chi connectivity index (χ4n) is 3.90. The minimum Gasteiger partial charge on any atom is -0.399 e. The maximum Gasteiger partial charge on any atom is 0.191 e. The molecule has 0 spiro atoms. The van der Waals surface area contributed by atoms with E-state index in [1.807, 2.05) is 37.4 Å². The van der Waals surface area contributed by atoms with Crippen molar-refractivity contribution in [2.24, 2.45) is 17.1 Å². The number of likely N-dealkylation sites (N-methyl/N-ethyl adjacent to an activating group) is 1. The number of halogens is 1. The van der Waals surface area contributed by atoms with Crippen LogP contribution in [0, 0.1) is 48.9 Å². The highest BCUT2D eigenvalue weighted by molar-refractivity contribution is 14.1. The third-order valence-corrected chi connectivity index (χ3v) is 5.73. The number of nitriles is 3. The van der Waals surface area contributed by atoms with Crippen molar-refractivity contribution in [3.63, 3.8) is 0 Å². The van der Waals surface area contributed by atoms with Crippen LogP contribution in [0.2, 0.25) is 0 Å². The zero-order valence-electron chi connectivity index (χ0n) is 13.7. The van der Waals surface area contributed by atoms with Crippen molar-refractivity contribution in [1.82, 2.24) is 4.90 Å². The average molecular weight is 441 g/mol. The molecule has 1 aromatic rings. The standard InChI is InChI=1S/C19H16IN5/c1-25-6-5-14-15(8-21)18(24)19(10-22,11-23)17(16(14)9-25)12-3-2-4-13(20)7-12/h2-5,7,16-17H,6,9,24H2,1H3/t16-,17-/m1/s1. The van der Waals surface area contributed by atoms with Crippen LogP contribution in [0.15, 0.2) is 47.2 Å². The first kappa shape index (κ1) is 17.5.